The molecule has 0 aliphatic rings. The first kappa shape index (κ1) is 17.1. The fourth-order valence-electron chi connectivity index (χ4n) is 1.72. The van der Waals surface area contributed by atoms with E-state index in [9.17, 15) is 32.1 Å². The lowest BCUT2D eigenvalue weighted by molar-refractivity contribution is -0.388. The highest BCUT2D eigenvalue weighted by molar-refractivity contribution is 5.56. The third-order valence-corrected chi connectivity index (χ3v) is 2.58. The number of nitrogens with zero attached hydrogens (tertiary/aromatic N) is 2. The van der Waals surface area contributed by atoms with Crippen LogP contribution in [-0.4, -0.2) is 36.2 Å². The summed E-state index contributed by atoms with van der Waals surface area (Å²) in [7, 11) is 0. The third kappa shape index (κ3) is 4.52. The molecule has 21 heavy (non-hydrogen) atoms. The highest BCUT2D eigenvalue weighted by Crippen LogP contribution is 2.38. The second kappa shape index (κ2) is 6.66. The van der Waals surface area contributed by atoms with Crippen molar-refractivity contribution in [3.05, 3.63) is 33.9 Å². The largest absolute Gasteiger partial charge is 0.423 e. The Balaban J connectivity index is 3.28. The van der Waals surface area contributed by atoms with E-state index in [0.717, 1.165) is 11.0 Å². The molecule has 5 nitrogen and oxygen atoms in total. The zero-order valence-corrected chi connectivity index (χ0v) is 10.5. The SMILES string of the molecule is O=[N+]([O-])c1ccc(N(CCO)CC(F)F)cc1C(F)(F)F. The molecule has 1 aromatic rings. The van der Waals surface area contributed by atoms with Gasteiger partial charge in [-0.15, -0.1) is 0 Å². The maximum atomic E-state index is 12.8. The molecule has 0 fully saturated rings. The number of hydrogen-bond donors (Lipinski definition) is 1. The Morgan fingerprint density at radius 1 is 1.33 bits per heavy atom. The molecule has 1 aromatic carbocycles. The van der Waals surface area contributed by atoms with Crippen LogP contribution in [0.5, 0.6) is 0 Å². The van der Waals surface area contributed by atoms with E-state index in [-0.39, 0.29) is 12.2 Å². The summed E-state index contributed by atoms with van der Waals surface area (Å²) in [5.41, 5.74) is -2.96. The predicted molar refractivity (Wildman–Crippen MR) is 63.4 cm³/mol. The van der Waals surface area contributed by atoms with E-state index in [4.69, 9.17) is 5.11 Å². The maximum absolute atomic E-state index is 12.8. The number of aliphatic hydroxyl groups excluding tert-OH is 1. The van der Waals surface area contributed by atoms with Gasteiger partial charge in [0.05, 0.1) is 18.1 Å². The minimum Gasteiger partial charge on any atom is -0.395 e. The van der Waals surface area contributed by atoms with Gasteiger partial charge in [0, 0.05) is 18.3 Å². The molecule has 0 saturated carbocycles. The number of benzene rings is 1. The van der Waals surface area contributed by atoms with Crippen molar-refractivity contribution in [1.29, 1.82) is 0 Å². The van der Waals surface area contributed by atoms with E-state index in [0.29, 0.717) is 12.1 Å². The van der Waals surface area contributed by atoms with Gasteiger partial charge >= 0.3 is 6.18 Å². The van der Waals surface area contributed by atoms with Crippen LogP contribution in [0.1, 0.15) is 5.56 Å². The van der Waals surface area contributed by atoms with Crippen LogP contribution in [0.2, 0.25) is 0 Å². The molecule has 0 aromatic heterocycles. The van der Waals surface area contributed by atoms with Crippen LogP contribution in [0.25, 0.3) is 0 Å². The molecule has 1 N–H and O–H groups in total. The van der Waals surface area contributed by atoms with Gasteiger partial charge in [0.1, 0.15) is 5.56 Å². The standard InChI is InChI=1S/C11H11F5N2O3/c12-10(13)6-17(3-4-19)7-1-2-9(18(20)21)8(5-7)11(14,15)16/h1-2,5,10,19H,3-4,6H2. The number of hydrogen-bond acceptors (Lipinski definition) is 4. The van der Waals surface area contributed by atoms with E-state index in [1.807, 2.05) is 0 Å². The fraction of sp³-hybridized carbons (Fsp3) is 0.455. The molecular formula is C11H11F5N2O3. The summed E-state index contributed by atoms with van der Waals surface area (Å²) in [6.07, 6.45) is -7.82. The second-order valence-electron chi connectivity index (χ2n) is 4.02. The number of nitro groups is 1. The molecule has 0 unspecified atom stereocenters. The van der Waals surface area contributed by atoms with E-state index < -0.39 is 41.9 Å². The van der Waals surface area contributed by atoms with Gasteiger partial charge in [-0.05, 0) is 12.1 Å². The van der Waals surface area contributed by atoms with Crippen LogP contribution in [0.4, 0.5) is 33.3 Å². The first-order chi connectivity index (χ1) is 9.66. The number of alkyl halides is 5. The van der Waals surface area contributed by atoms with Crippen molar-refractivity contribution in [3.8, 4) is 0 Å². The summed E-state index contributed by atoms with van der Waals surface area (Å²) >= 11 is 0. The monoisotopic (exact) mass is 314 g/mol. The van der Waals surface area contributed by atoms with Gasteiger partial charge in [-0.3, -0.25) is 10.1 Å². The highest BCUT2D eigenvalue weighted by atomic mass is 19.4. The Kier molecular flexibility index (Phi) is 5.41. The fourth-order valence-corrected chi connectivity index (χ4v) is 1.72. The Morgan fingerprint density at radius 2 is 1.95 bits per heavy atom. The first-order valence-corrected chi connectivity index (χ1v) is 5.66. The van der Waals surface area contributed by atoms with Crippen molar-refractivity contribution < 1.29 is 32.0 Å². The van der Waals surface area contributed by atoms with E-state index in [1.165, 1.54) is 0 Å². The molecule has 0 aliphatic heterocycles. The summed E-state index contributed by atoms with van der Waals surface area (Å²) < 4.78 is 63.1. The first-order valence-electron chi connectivity index (χ1n) is 5.66. The Labute approximate surface area is 115 Å². The molecule has 10 heteroatoms. The lowest BCUT2D eigenvalue weighted by Gasteiger charge is -2.24. The molecule has 0 amide bonds. The van der Waals surface area contributed by atoms with Gasteiger partial charge in [0.25, 0.3) is 12.1 Å². The van der Waals surface area contributed by atoms with Gasteiger partial charge < -0.3 is 10.0 Å². The third-order valence-electron chi connectivity index (χ3n) is 2.58. The van der Waals surface area contributed by atoms with Crippen LogP contribution in [-0.2, 0) is 6.18 Å². The minimum atomic E-state index is -4.99. The normalized spacial score (nSPS) is 11.8. The molecule has 0 aliphatic carbocycles. The van der Waals surface area contributed by atoms with Gasteiger partial charge in [0.2, 0.25) is 0 Å². The number of nitro benzene ring substituents is 1. The van der Waals surface area contributed by atoms with Crippen molar-refractivity contribution >= 4 is 11.4 Å². The van der Waals surface area contributed by atoms with Crippen LogP contribution in [0.15, 0.2) is 18.2 Å². The van der Waals surface area contributed by atoms with Gasteiger partial charge in [0.15, 0.2) is 0 Å². The van der Waals surface area contributed by atoms with Crippen LogP contribution in [0.3, 0.4) is 0 Å². The van der Waals surface area contributed by atoms with E-state index >= 15 is 0 Å². The molecule has 0 heterocycles. The van der Waals surface area contributed by atoms with Crippen molar-refractivity contribution in [1.82, 2.24) is 0 Å². The van der Waals surface area contributed by atoms with Crippen molar-refractivity contribution in [2.45, 2.75) is 12.6 Å². The Bertz CT molecular complexity index is 507. The summed E-state index contributed by atoms with van der Waals surface area (Å²) in [6.45, 7) is -1.76. The average Bonchev–Trinajstić information content (AvgIpc) is 2.36. The summed E-state index contributed by atoms with van der Waals surface area (Å²) in [4.78, 5) is 10.2. The number of aliphatic hydroxyl groups is 1. The second-order valence-corrected chi connectivity index (χ2v) is 4.02. The number of halogens is 5. The Hall–Kier alpha value is -1.97. The molecule has 0 radical (unpaired) electrons. The summed E-state index contributed by atoms with van der Waals surface area (Å²) in [5, 5.41) is 19.4. The van der Waals surface area contributed by atoms with Gasteiger partial charge in [-0.2, -0.15) is 13.2 Å². The van der Waals surface area contributed by atoms with E-state index in [2.05, 4.69) is 0 Å². The number of anilines is 1. The molecule has 1 rings (SSSR count). The molecule has 0 bridgehead atoms. The van der Waals surface area contributed by atoms with Crippen molar-refractivity contribution in [2.24, 2.45) is 0 Å². The molecule has 118 valence electrons. The number of rotatable bonds is 6. The van der Waals surface area contributed by atoms with Crippen molar-refractivity contribution in [2.75, 3.05) is 24.6 Å². The molecule has 0 spiro atoms. The average molecular weight is 314 g/mol. The van der Waals surface area contributed by atoms with Gasteiger partial charge in [-0.25, -0.2) is 8.78 Å². The topological polar surface area (TPSA) is 66.6 Å². The van der Waals surface area contributed by atoms with Crippen LogP contribution < -0.4 is 4.90 Å². The maximum Gasteiger partial charge on any atom is 0.423 e. The van der Waals surface area contributed by atoms with Crippen LogP contribution in [0, 0.1) is 10.1 Å². The predicted octanol–water partition coefficient (Wildman–Crippen LogP) is 2.68. The zero-order chi connectivity index (χ0) is 16.2. The summed E-state index contributed by atoms with van der Waals surface area (Å²) in [6, 6.07) is 1.97. The highest BCUT2D eigenvalue weighted by Gasteiger charge is 2.38. The van der Waals surface area contributed by atoms with Crippen molar-refractivity contribution in [3.63, 3.8) is 0 Å². The van der Waals surface area contributed by atoms with Crippen LogP contribution >= 0.6 is 0 Å². The minimum absolute atomic E-state index is 0.276. The zero-order valence-electron chi connectivity index (χ0n) is 10.5. The lowest BCUT2D eigenvalue weighted by atomic mass is 10.1. The smallest absolute Gasteiger partial charge is 0.395 e. The summed E-state index contributed by atoms with van der Waals surface area (Å²) in [5.74, 6) is 0. The molecular weight excluding hydrogens is 303 g/mol. The molecule has 0 atom stereocenters. The lowest BCUT2D eigenvalue weighted by Crippen LogP contribution is -2.31. The molecule has 0 saturated heterocycles. The Morgan fingerprint density at radius 3 is 2.38 bits per heavy atom. The quantitative estimate of drug-likeness (QED) is 0.498. The van der Waals surface area contributed by atoms with Gasteiger partial charge in [-0.1, -0.05) is 0 Å². The van der Waals surface area contributed by atoms with E-state index in [1.54, 1.807) is 0 Å².